The van der Waals surface area contributed by atoms with Crippen LogP contribution in [0.3, 0.4) is 0 Å². The molecule has 1 heterocycles. The maximum atomic E-state index is 13.4. The van der Waals surface area contributed by atoms with Crippen molar-refractivity contribution in [2.24, 2.45) is 5.84 Å². The smallest absolute Gasteiger partial charge is 0.277 e. The summed E-state index contributed by atoms with van der Waals surface area (Å²) in [6, 6.07) is 6.23. The number of para-hydroxylation sites is 1. The molecular weight excluding hydrogens is 293 g/mol. The minimum Gasteiger partial charge on any atom is -0.490 e. The summed E-state index contributed by atoms with van der Waals surface area (Å²) in [5, 5.41) is 0.766. The quantitative estimate of drug-likeness (QED) is 0.486. The minimum absolute atomic E-state index is 0.213. The minimum atomic E-state index is -0.394. The molecule has 7 heteroatoms. The molecule has 3 N–H and O–H groups in total. The zero-order chi connectivity index (χ0) is 15.2. The molecule has 0 unspecified atom stereocenters. The van der Waals surface area contributed by atoms with Gasteiger partial charge in [-0.15, -0.1) is 11.3 Å². The van der Waals surface area contributed by atoms with E-state index in [1.54, 1.807) is 18.2 Å². The van der Waals surface area contributed by atoms with Crippen LogP contribution in [0.5, 0.6) is 5.75 Å². The first-order valence-electron chi connectivity index (χ1n) is 6.52. The fourth-order valence-electron chi connectivity index (χ4n) is 1.80. The highest BCUT2D eigenvalue weighted by molar-refractivity contribution is 7.13. The monoisotopic (exact) mass is 309 g/mol. The lowest BCUT2D eigenvalue weighted by molar-refractivity contribution is 0.0956. The second-order valence-electron chi connectivity index (χ2n) is 4.24. The van der Waals surface area contributed by atoms with Gasteiger partial charge in [0.15, 0.2) is 11.6 Å². The predicted octanol–water partition coefficient (Wildman–Crippen LogP) is 2.07. The Balaban J connectivity index is 1.99. The number of hydrazine groups is 1. The number of aromatic nitrogens is 1. The number of benzene rings is 1. The molecule has 0 fully saturated rings. The molecule has 0 radical (unpaired) electrons. The summed E-state index contributed by atoms with van der Waals surface area (Å²) in [6.45, 7) is 2.21. The Labute approximate surface area is 125 Å². The van der Waals surface area contributed by atoms with Gasteiger partial charge in [-0.2, -0.15) is 0 Å². The van der Waals surface area contributed by atoms with Crippen LogP contribution in [0.4, 0.5) is 4.39 Å². The van der Waals surface area contributed by atoms with E-state index < -0.39 is 5.82 Å². The summed E-state index contributed by atoms with van der Waals surface area (Å²) >= 11 is 1.28. The third kappa shape index (κ3) is 3.77. The summed E-state index contributed by atoms with van der Waals surface area (Å²) in [7, 11) is 0. The van der Waals surface area contributed by atoms with E-state index in [0.717, 1.165) is 5.01 Å². The number of ether oxygens (including phenoxy) is 1. The van der Waals surface area contributed by atoms with Crippen LogP contribution in [0.2, 0.25) is 0 Å². The molecule has 2 aromatic rings. The molecule has 1 amide bonds. The molecule has 112 valence electrons. The van der Waals surface area contributed by atoms with Gasteiger partial charge in [-0.25, -0.2) is 15.2 Å². The number of carbonyl (C=O) groups is 1. The van der Waals surface area contributed by atoms with E-state index in [9.17, 15) is 9.18 Å². The number of nitrogens with two attached hydrogens (primary N) is 1. The molecular formula is C14H16FN3O2S. The van der Waals surface area contributed by atoms with Gasteiger partial charge in [0.25, 0.3) is 5.91 Å². The lowest BCUT2D eigenvalue weighted by Crippen LogP contribution is -2.30. The first-order valence-corrected chi connectivity index (χ1v) is 7.34. The molecule has 0 bridgehead atoms. The van der Waals surface area contributed by atoms with Gasteiger partial charge >= 0.3 is 0 Å². The zero-order valence-electron chi connectivity index (χ0n) is 11.6. The van der Waals surface area contributed by atoms with Gasteiger partial charge < -0.3 is 4.74 Å². The Kier molecular flexibility index (Phi) is 5.24. The van der Waals surface area contributed by atoms with Gasteiger partial charge in [0.2, 0.25) is 0 Å². The van der Waals surface area contributed by atoms with Crippen LogP contribution in [-0.4, -0.2) is 17.5 Å². The van der Waals surface area contributed by atoms with E-state index in [1.807, 2.05) is 6.92 Å². The molecule has 2 rings (SSSR count). The average molecular weight is 309 g/mol. The Morgan fingerprint density at radius 3 is 2.90 bits per heavy atom. The maximum Gasteiger partial charge on any atom is 0.277 e. The third-order valence-electron chi connectivity index (χ3n) is 2.82. The van der Waals surface area contributed by atoms with Crippen molar-refractivity contribution in [1.29, 1.82) is 0 Å². The van der Waals surface area contributed by atoms with Crippen LogP contribution in [-0.2, 0) is 12.8 Å². The van der Waals surface area contributed by atoms with Crippen molar-refractivity contribution in [1.82, 2.24) is 10.4 Å². The van der Waals surface area contributed by atoms with Crippen molar-refractivity contribution in [3.05, 3.63) is 45.7 Å². The van der Waals surface area contributed by atoms with Gasteiger partial charge in [0, 0.05) is 6.42 Å². The van der Waals surface area contributed by atoms with Crippen LogP contribution in [0.25, 0.3) is 0 Å². The number of nitrogens with one attached hydrogen (secondary N) is 1. The normalized spacial score (nSPS) is 10.4. The molecule has 0 aliphatic carbocycles. The van der Waals surface area contributed by atoms with Crippen LogP contribution < -0.4 is 16.0 Å². The highest BCUT2D eigenvalue weighted by atomic mass is 32.1. The molecule has 0 aliphatic heterocycles. The number of nitrogen functional groups attached to an aromatic ring is 1. The summed E-state index contributed by atoms with van der Waals surface area (Å²) in [4.78, 5) is 16.5. The number of nitrogens with zero attached hydrogens (tertiary/aromatic N) is 1. The number of amides is 1. The van der Waals surface area contributed by atoms with Crippen LogP contribution in [0, 0.1) is 5.82 Å². The van der Waals surface area contributed by atoms with Crippen molar-refractivity contribution < 1.29 is 13.9 Å². The van der Waals surface area contributed by atoms with E-state index in [1.165, 1.54) is 17.4 Å². The molecule has 1 aromatic heterocycles. The number of thiazole rings is 1. The Hall–Kier alpha value is -1.99. The van der Waals surface area contributed by atoms with Crippen LogP contribution >= 0.6 is 11.3 Å². The van der Waals surface area contributed by atoms with Crippen molar-refractivity contribution in [3.63, 3.8) is 0 Å². The Bertz CT molecular complexity index is 630. The average Bonchev–Trinajstić information content (AvgIpc) is 2.91. The number of hydrogen-bond donors (Lipinski definition) is 2. The largest absolute Gasteiger partial charge is 0.490 e. The SMILES string of the molecule is CCc1nc(CCOc2ccccc2F)sc1C(=O)NN. The second kappa shape index (κ2) is 7.14. The van der Waals surface area contributed by atoms with Gasteiger partial charge in [-0.05, 0) is 18.6 Å². The van der Waals surface area contributed by atoms with Crippen LogP contribution in [0.15, 0.2) is 24.3 Å². The molecule has 21 heavy (non-hydrogen) atoms. The third-order valence-corrected chi connectivity index (χ3v) is 3.98. The van der Waals surface area contributed by atoms with E-state index in [0.29, 0.717) is 30.0 Å². The van der Waals surface area contributed by atoms with E-state index in [-0.39, 0.29) is 11.7 Å². The maximum absolute atomic E-state index is 13.4. The van der Waals surface area contributed by atoms with E-state index >= 15 is 0 Å². The van der Waals surface area contributed by atoms with Crippen LogP contribution in [0.1, 0.15) is 27.3 Å². The lowest BCUT2D eigenvalue weighted by Gasteiger charge is -2.05. The zero-order valence-corrected chi connectivity index (χ0v) is 12.4. The Morgan fingerprint density at radius 1 is 1.48 bits per heavy atom. The molecule has 0 atom stereocenters. The number of hydrogen-bond acceptors (Lipinski definition) is 5. The van der Waals surface area contributed by atoms with Crippen molar-refractivity contribution in [2.75, 3.05) is 6.61 Å². The fourth-order valence-corrected chi connectivity index (χ4v) is 2.84. The number of aryl methyl sites for hydroxylation is 1. The first-order chi connectivity index (χ1) is 10.2. The molecule has 0 aliphatic rings. The van der Waals surface area contributed by atoms with Gasteiger partial charge in [0.05, 0.1) is 17.3 Å². The number of carbonyl (C=O) groups excluding carboxylic acids is 1. The predicted molar refractivity (Wildman–Crippen MR) is 78.7 cm³/mol. The molecule has 0 spiro atoms. The van der Waals surface area contributed by atoms with Crippen molar-refractivity contribution in [2.45, 2.75) is 19.8 Å². The highest BCUT2D eigenvalue weighted by Gasteiger charge is 2.16. The number of halogens is 1. The highest BCUT2D eigenvalue weighted by Crippen LogP contribution is 2.21. The van der Waals surface area contributed by atoms with Gasteiger partial charge in [0.1, 0.15) is 4.88 Å². The summed E-state index contributed by atoms with van der Waals surface area (Å²) in [5.74, 6) is 4.62. The van der Waals surface area contributed by atoms with E-state index in [2.05, 4.69) is 10.4 Å². The van der Waals surface area contributed by atoms with Crippen molar-refractivity contribution in [3.8, 4) is 5.75 Å². The fraction of sp³-hybridized carbons (Fsp3) is 0.286. The number of rotatable bonds is 6. The topological polar surface area (TPSA) is 77.2 Å². The second-order valence-corrected chi connectivity index (χ2v) is 5.32. The Morgan fingerprint density at radius 2 is 2.24 bits per heavy atom. The van der Waals surface area contributed by atoms with Gasteiger partial charge in [-0.1, -0.05) is 19.1 Å². The summed E-state index contributed by atoms with van der Waals surface area (Å²) < 4.78 is 18.8. The van der Waals surface area contributed by atoms with E-state index in [4.69, 9.17) is 10.6 Å². The van der Waals surface area contributed by atoms with Gasteiger partial charge in [-0.3, -0.25) is 10.2 Å². The summed E-state index contributed by atoms with van der Waals surface area (Å²) in [5.41, 5.74) is 2.82. The molecule has 5 nitrogen and oxygen atoms in total. The molecule has 0 saturated carbocycles. The molecule has 1 aromatic carbocycles. The first kappa shape index (κ1) is 15.4. The van der Waals surface area contributed by atoms with Crippen molar-refractivity contribution >= 4 is 17.2 Å². The molecule has 0 saturated heterocycles. The summed E-state index contributed by atoms with van der Waals surface area (Å²) in [6.07, 6.45) is 1.15. The lowest BCUT2D eigenvalue weighted by atomic mass is 10.3. The standard InChI is InChI=1S/C14H16FN3O2S/c1-2-10-13(14(19)18-16)21-12(17-10)7-8-20-11-6-4-3-5-9(11)15/h3-6H,2,7-8,16H2,1H3,(H,18,19).